The average Bonchev–Trinajstić information content (AvgIpc) is 2.17. The lowest BCUT2D eigenvalue weighted by atomic mass is 10.3. The molecule has 0 radical (unpaired) electrons. The van der Waals surface area contributed by atoms with Crippen molar-refractivity contribution in [3.8, 4) is 0 Å². The van der Waals surface area contributed by atoms with Gasteiger partial charge in [-0.3, -0.25) is 4.79 Å². The highest BCUT2D eigenvalue weighted by Gasteiger charge is 2.12. The van der Waals surface area contributed by atoms with Gasteiger partial charge < -0.3 is 21.1 Å². The van der Waals surface area contributed by atoms with Gasteiger partial charge in [-0.05, 0) is 26.4 Å². The Morgan fingerprint density at radius 1 is 1.33 bits per heavy atom. The number of urea groups is 1. The van der Waals surface area contributed by atoms with E-state index < -0.39 is 18.0 Å². The standard InChI is InChI=1S/C9H19N3O3/c1-3-10-5-4-6-11-9(15)12-7(2)8(13)14/h7,10H,3-6H2,1-2H3,(H,13,14)(H2,11,12,15)/t7-/m1/s1. The molecule has 0 aliphatic carbocycles. The van der Waals surface area contributed by atoms with E-state index >= 15 is 0 Å². The lowest BCUT2D eigenvalue weighted by molar-refractivity contribution is -0.138. The fraction of sp³-hybridized carbons (Fsp3) is 0.778. The van der Waals surface area contributed by atoms with Gasteiger partial charge in [-0.15, -0.1) is 0 Å². The number of carboxylic acid groups (broad SMARTS) is 1. The molecule has 6 heteroatoms. The molecule has 0 rings (SSSR count). The van der Waals surface area contributed by atoms with Crippen LogP contribution in [0.25, 0.3) is 0 Å². The summed E-state index contributed by atoms with van der Waals surface area (Å²) in [5, 5.41) is 16.5. The first-order valence-corrected chi connectivity index (χ1v) is 5.05. The Bertz CT molecular complexity index is 209. The van der Waals surface area contributed by atoms with Crippen molar-refractivity contribution in [2.45, 2.75) is 26.3 Å². The van der Waals surface area contributed by atoms with Gasteiger partial charge in [0.2, 0.25) is 0 Å². The van der Waals surface area contributed by atoms with Crippen LogP contribution < -0.4 is 16.0 Å². The molecule has 0 unspecified atom stereocenters. The van der Waals surface area contributed by atoms with Gasteiger partial charge in [0, 0.05) is 6.54 Å². The molecule has 0 aromatic carbocycles. The van der Waals surface area contributed by atoms with Crippen molar-refractivity contribution in [1.29, 1.82) is 0 Å². The zero-order chi connectivity index (χ0) is 11.7. The average molecular weight is 217 g/mol. The first-order chi connectivity index (χ1) is 7.07. The van der Waals surface area contributed by atoms with E-state index in [4.69, 9.17) is 5.11 Å². The number of carbonyl (C=O) groups is 2. The second-order valence-corrected chi connectivity index (χ2v) is 3.17. The van der Waals surface area contributed by atoms with Crippen LogP contribution >= 0.6 is 0 Å². The van der Waals surface area contributed by atoms with E-state index in [1.165, 1.54) is 6.92 Å². The van der Waals surface area contributed by atoms with Gasteiger partial charge >= 0.3 is 12.0 Å². The van der Waals surface area contributed by atoms with E-state index in [1.54, 1.807) is 0 Å². The fourth-order valence-corrected chi connectivity index (χ4v) is 0.901. The first-order valence-electron chi connectivity index (χ1n) is 5.05. The summed E-state index contributed by atoms with van der Waals surface area (Å²) in [4.78, 5) is 21.5. The van der Waals surface area contributed by atoms with Crippen LogP contribution in [0.4, 0.5) is 4.79 Å². The smallest absolute Gasteiger partial charge is 0.325 e. The Kier molecular flexibility index (Phi) is 7.35. The number of aliphatic carboxylic acids is 1. The molecule has 0 aliphatic rings. The molecule has 0 heterocycles. The number of hydrogen-bond donors (Lipinski definition) is 4. The number of rotatable bonds is 7. The van der Waals surface area contributed by atoms with Crippen molar-refractivity contribution in [2.75, 3.05) is 19.6 Å². The highest BCUT2D eigenvalue weighted by Crippen LogP contribution is 1.81. The predicted octanol–water partition coefficient (Wildman–Crippen LogP) is -0.242. The molecule has 0 bridgehead atoms. The minimum absolute atomic E-state index is 0.443. The summed E-state index contributed by atoms with van der Waals surface area (Å²) in [5.41, 5.74) is 0. The monoisotopic (exact) mass is 217 g/mol. The van der Waals surface area contributed by atoms with Crippen molar-refractivity contribution >= 4 is 12.0 Å². The summed E-state index contributed by atoms with van der Waals surface area (Å²) >= 11 is 0. The summed E-state index contributed by atoms with van der Waals surface area (Å²) in [7, 11) is 0. The van der Waals surface area contributed by atoms with Crippen molar-refractivity contribution < 1.29 is 14.7 Å². The van der Waals surface area contributed by atoms with E-state index in [0.717, 1.165) is 19.5 Å². The molecule has 0 saturated carbocycles. The number of hydrogen-bond acceptors (Lipinski definition) is 3. The Labute approximate surface area is 89.4 Å². The molecule has 6 nitrogen and oxygen atoms in total. The maximum absolute atomic E-state index is 11.1. The predicted molar refractivity (Wildman–Crippen MR) is 56.8 cm³/mol. The maximum Gasteiger partial charge on any atom is 0.325 e. The quantitative estimate of drug-likeness (QED) is 0.443. The molecule has 0 aliphatic heterocycles. The summed E-state index contributed by atoms with van der Waals surface area (Å²) in [6.45, 7) is 5.70. The molecular formula is C9H19N3O3. The van der Waals surface area contributed by atoms with E-state index in [-0.39, 0.29) is 0 Å². The molecule has 0 aromatic heterocycles. The van der Waals surface area contributed by atoms with Crippen LogP contribution in [0.15, 0.2) is 0 Å². The van der Waals surface area contributed by atoms with Gasteiger partial charge in [-0.1, -0.05) is 6.92 Å². The van der Waals surface area contributed by atoms with Crippen LogP contribution in [-0.4, -0.2) is 42.8 Å². The van der Waals surface area contributed by atoms with E-state index in [9.17, 15) is 9.59 Å². The highest BCUT2D eigenvalue weighted by atomic mass is 16.4. The van der Waals surface area contributed by atoms with Gasteiger partial charge in [-0.25, -0.2) is 4.79 Å². The highest BCUT2D eigenvalue weighted by molar-refractivity contribution is 5.82. The van der Waals surface area contributed by atoms with Crippen LogP contribution in [0.5, 0.6) is 0 Å². The summed E-state index contributed by atoms with van der Waals surface area (Å²) in [6, 6.07) is -1.31. The minimum atomic E-state index is -1.04. The van der Waals surface area contributed by atoms with Gasteiger partial charge in [-0.2, -0.15) is 0 Å². The third-order valence-electron chi connectivity index (χ3n) is 1.78. The van der Waals surface area contributed by atoms with Crippen LogP contribution in [0, 0.1) is 0 Å². The SMILES string of the molecule is CCNCCCNC(=O)N[C@H](C)C(=O)O. The van der Waals surface area contributed by atoms with Gasteiger partial charge in [0.15, 0.2) is 0 Å². The molecule has 4 N–H and O–H groups in total. The first kappa shape index (κ1) is 13.7. The third kappa shape index (κ3) is 7.75. The molecule has 88 valence electrons. The number of carboxylic acids is 1. The number of nitrogens with one attached hydrogen (secondary N) is 3. The van der Waals surface area contributed by atoms with Crippen molar-refractivity contribution in [3.63, 3.8) is 0 Å². The lowest BCUT2D eigenvalue weighted by Gasteiger charge is -2.10. The molecule has 0 saturated heterocycles. The Balaban J connectivity index is 3.45. The zero-order valence-electron chi connectivity index (χ0n) is 9.17. The van der Waals surface area contributed by atoms with E-state index in [0.29, 0.717) is 6.54 Å². The Morgan fingerprint density at radius 3 is 2.53 bits per heavy atom. The van der Waals surface area contributed by atoms with Crippen LogP contribution in [-0.2, 0) is 4.79 Å². The minimum Gasteiger partial charge on any atom is -0.480 e. The maximum atomic E-state index is 11.1. The molecule has 0 fully saturated rings. The molecule has 15 heavy (non-hydrogen) atoms. The normalized spacial score (nSPS) is 11.9. The molecule has 2 amide bonds. The summed E-state index contributed by atoms with van der Waals surface area (Å²) in [5.74, 6) is -1.04. The molecular weight excluding hydrogens is 198 g/mol. The van der Waals surface area contributed by atoms with Crippen molar-refractivity contribution in [2.24, 2.45) is 0 Å². The molecule has 0 aromatic rings. The van der Waals surface area contributed by atoms with Crippen LogP contribution in [0.3, 0.4) is 0 Å². The van der Waals surface area contributed by atoms with Crippen molar-refractivity contribution in [1.82, 2.24) is 16.0 Å². The topological polar surface area (TPSA) is 90.5 Å². The summed E-state index contributed by atoms with van der Waals surface area (Å²) in [6.07, 6.45) is 0.822. The largest absolute Gasteiger partial charge is 0.480 e. The third-order valence-corrected chi connectivity index (χ3v) is 1.78. The van der Waals surface area contributed by atoms with Crippen LogP contribution in [0.2, 0.25) is 0 Å². The Morgan fingerprint density at radius 2 is 2.00 bits per heavy atom. The Hall–Kier alpha value is -1.30. The van der Waals surface area contributed by atoms with Crippen LogP contribution in [0.1, 0.15) is 20.3 Å². The second-order valence-electron chi connectivity index (χ2n) is 3.17. The lowest BCUT2D eigenvalue weighted by Crippen LogP contribution is -2.44. The molecule has 0 spiro atoms. The zero-order valence-corrected chi connectivity index (χ0v) is 9.17. The number of carbonyl (C=O) groups excluding carboxylic acids is 1. The van der Waals surface area contributed by atoms with E-state index in [1.807, 2.05) is 6.92 Å². The molecule has 1 atom stereocenters. The van der Waals surface area contributed by atoms with Gasteiger partial charge in [0.1, 0.15) is 6.04 Å². The summed E-state index contributed by atoms with van der Waals surface area (Å²) < 4.78 is 0. The van der Waals surface area contributed by atoms with Crippen molar-refractivity contribution in [3.05, 3.63) is 0 Å². The van der Waals surface area contributed by atoms with Gasteiger partial charge in [0.25, 0.3) is 0 Å². The number of amides is 2. The van der Waals surface area contributed by atoms with E-state index in [2.05, 4.69) is 16.0 Å². The van der Waals surface area contributed by atoms with Gasteiger partial charge in [0.05, 0.1) is 0 Å². The second kappa shape index (κ2) is 8.05. The fourth-order valence-electron chi connectivity index (χ4n) is 0.901.